The zero-order chi connectivity index (χ0) is 37.5. The summed E-state index contributed by atoms with van der Waals surface area (Å²) in [5.41, 5.74) is 10.8. The second-order valence-electron chi connectivity index (χ2n) is 15.1. The second-order valence-corrected chi connectivity index (χ2v) is 24.5. The fourth-order valence-corrected chi connectivity index (χ4v) is 8.09. The fraction of sp³-hybridized carbons (Fsp3) is 0.115. The molecule has 0 unspecified atom stereocenters. The molecule has 0 saturated carbocycles. The molecule has 4 heteroatoms. The van der Waals surface area contributed by atoms with Crippen LogP contribution in [0.15, 0.2) is 158 Å². The van der Waals surface area contributed by atoms with Gasteiger partial charge in [0.25, 0.3) is 0 Å². The fourth-order valence-electron chi connectivity index (χ4n) is 8.09. The molecule has 0 atom stereocenters. The number of fused-ring (bicyclic) bond motifs is 6. The van der Waals surface area contributed by atoms with Crippen molar-refractivity contribution in [2.75, 3.05) is 0 Å². The Labute approximate surface area is 358 Å². The van der Waals surface area contributed by atoms with Crippen LogP contribution in [0.1, 0.15) is 22.3 Å². The first-order valence-corrected chi connectivity index (χ1v) is 25.0. The van der Waals surface area contributed by atoms with E-state index < -0.39 is 0 Å². The molecule has 10 aromatic rings. The summed E-state index contributed by atoms with van der Waals surface area (Å²) in [6.45, 7) is 13.3. The van der Waals surface area contributed by atoms with Crippen LogP contribution in [-0.4, -0.2) is 5.43 Å². The SMILES string of the molecule is C[Si](C)=[Zr+2].Cc1cc(-c2cccc3cc4ccccc4cc23)c2cc(C)[cH-]c2c1.Cc1cc(-c2cccc3cc4ccccc4cc23)c2cc(C)[cH-]c2c1.[Cl-].[Cl-]. The number of benzene rings is 8. The summed E-state index contributed by atoms with van der Waals surface area (Å²) in [5.74, 6) is 0. The monoisotopic (exact) mass is 856 g/mol. The molecule has 10 rings (SSSR count). The third kappa shape index (κ3) is 8.51. The molecule has 0 amide bonds. The van der Waals surface area contributed by atoms with E-state index in [1.54, 1.807) is 23.3 Å². The molecule has 0 aromatic heterocycles. The Hall–Kier alpha value is -4.30. The first-order chi connectivity index (χ1) is 26.1. The number of halogens is 2. The number of aryl methyl sites for hydroxylation is 4. The van der Waals surface area contributed by atoms with Crippen molar-refractivity contribution in [1.29, 1.82) is 0 Å². The quantitative estimate of drug-likeness (QED) is 0.0926. The maximum absolute atomic E-state index is 2.34. The van der Waals surface area contributed by atoms with Crippen LogP contribution in [0.25, 0.3) is 86.9 Å². The van der Waals surface area contributed by atoms with Gasteiger partial charge in [0.1, 0.15) is 0 Å². The summed E-state index contributed by atoms with van der Waals surface area (Å²) in [4.78, 5) is 0. The van der Waals surface area contributed by atoms with Crippen LogP contribution in [0.3, 0.4) is 0 Å². The Bertz CT molecular complexity index is 2830. The molecular formula is C52H44Cl2SiZr-2. The van der Waals surface area contributed by atoms with E-state index in [0.29, 0.717) is 0 Å². The predicted octanol–water partition coefficient (Wildman–Crippen LogP) is 9.09. The maximum Gasteiger partial charge on any atom is -0.0107 e. The minimum Gasteiger partial charge on any atom is -1.00 e. The Morgan fingerprint density at radius 2 is 0.714 bits per heavy atom. The smallest absolute Gasteiger partial charge is 0.0107 e. The van der Waals surface area contributed by atoms with Gasteiger partial charge in [-0.05, 0) is 92.3 Å². The molecule has 0 fully saturated rings. The number of hydrogen-bond donors (Lipinski definition) is 0. The predicted molar refractivity (Wildman–Crippen MR) is 236 cm³/mol. The second kappa shape index (κ2) is 17.5. The van der Waals surface area contributed by atoms with Crippen molar-refractivity contribution < 1.29 is 48.1 Å². The number of rotatable bonds is 2. The van der Waals surface area contributed by atoms with Gasteiger partial charge in [0.15, 0.2) is 0 Å². The normalized spacial score (nSPS) is 10.9. The average molecular weight is 859 g/mol. The van der Waals surface area contributed by atoms with Crippen LogP contribution in [0, 0.1) is 27.7 Å². The molecule has 10 aromatic carbocycles. The van der Waals surface area contributed by atoms with Gasteiger partial charge in [-0.1, -0.05) is 133 Å². The van der Waals surface area contributed by atoms with Crippen LogP contribution >= 0.6 is 0 Å². The van der Waals surface area contributed by atoms with Gasteiger partial charge in [0, 0.05) is 0 Å². The van der Waals surface area contributed by atoms with Crippen molar-refractivity contribution in [2.45, 2.75) is 40.8 Å². The van der Waals surface area contributed by atoms with E-state index in [9.17, 15) is 0 Å². The Balaban J connectivity index is 0.000000168. The summed E-state index contributed by atoms with van der Waals surface area (Å²) >= 11 is 1.74. The Kier molecular flexibility index (Phi) is 12.9. The number of hydrogen-bond acceptors (Lipinski definition) is 0. The maximum atomic E-state index is 2.34. The van der Waals surface area contributed by atoms with E-state index in [4.69, 9.17) is 0 Å². The van der Waals surface area contributed by atoms with Crippen molar-refractivity contribution in [2.24, 2.45) is 0 Å². The minimum atomic E-state index is 0. The molecule has 276 valence electrons. The van der Waals surface area contributed by atoms with Crippen molar-refractivity contribution in [3.63, 3.8) is 0 Å². The topological polar surface area (TPSA) is 0 Å². The van der Waals surface area contributed by atoms with Gasteiger partial charge < -0.3 is 24.8 Å². The Morgan fingerprint density at radius 1 is 0.375 bits per heavy atom. The zero-order valence-corrected chi connectivity index (χ0v) is 37.7. The largest absolute Gasteiger partial charge is 1.00 e. The molecule has 0 aliphatic rings. The van der Waals surface area contributed by atoms with Crippen molar-refractivity contribution in [3.05, 3.63) is 180 Å². The van der Waals surface area contributed by atoms with Gasteiger partial charge in [0.05, 0.1) is 0 Å². The first-order valence-electron chi connectivity index (χ1n) is 18.8. The average Bonchev–Trinajstić information content (AvgIpc) is 3.72. The van der Waals surface area contributed by atoms with Crippen LogP contribution in [0.5, 0.6) is 0 Å². The standard InChI is InChI=1S/2C25H19.C2H6Si.2ClH.Zr/c2*1-16-10-21-11-17(2)13-25(23(21)12-16)22-9-5-8-20-14-18-6-3-4-7-19(18)15-24(20)22;1-3-2;;;/h2*3-15H,1-2H3;1-2H3;2*1H;/q2*-1;;;;+2/p-2. The molecule has 0 bridgehead atoms. The van der Waals surface area contributed by atoms with Crippen LogP contribution in [0.4, 0.5) is 0 Å². The van der Waals surface area contributed by atoms with Crippen LogP contribution < -0.4 is 24.8 Å². The third-order valence-corrected chi connectivity index (χ3v) is 10.3. The van der Waals surface area contributed by atoms with E-state index in [0.717, 1.165) is 0 Å². The minimum absolute atomic E-state index is 0. The molecule has 0 aliphatic carbocycles. The third-order valence-electron chi connectivity index (χ3n) is 10.3. The summed E-state index contributed by atoms with van der Waals surface area (Å²) in [6.07, 6.45) is 0. The zero-order valence-electron chi connectivity index (χ0n) is 32.8. The van der Waals surface area contributed by atoms with Crippen molar-refractivity contribution in [1.82, 2.24) is 0 Å². The summed E-state index contributed by atoms with van der Waals surface area (Å²) < 4.78 is 0. The van der Waals surface area contributed by atoms with E-state index in [1.165, 1.54) is 109 Å². The van der Waals surface area contributed by atoms with Gasteiger partial charge in [-0.2, -0.15) is 12.1 Å². The molecular weight excluding hydrogens is 815 g/mol. The molecule has 0 nitrogen and oxygen atoms in total. The Morgan fingerprint density at radius 3 is 1.09 bits per heavy atom. The van der Waals surface area contributed by atoms with Gasteiger partial charge >= 0.3 is 41.9 Å². The van der Waals surface area contributed by atoms with Crippen LogP contribution in [0.2, 0.25) is 13.1 Å². The van der Waals surface area contributed by atoms with E-state index in [2.05, 4.69) is 199 Å². The summed E-state index contributed by atoms with van der Waals surface area (Å²) in [7, 11) is 0. The molecule has 0 N–H and O–H groups in total. The molecule has 0 saturated heterocycles. The van der Waals surface area contributed by atoms with E-state index >= 15 is 0 Å². The summed E-state index contributed by atoms with van der Waals surface area (Å²) in [6, 6.07) is 58.2. The van der Waals surface area contributed by atoms with Gasteiger partial charge in [0.2, 0.25) is 0 Å². The molecule has 0 aliphatic heterocycles. The van der Waals surface area contributed by atoms with Gasteiger partial charge in [-0.15, -0.1) is 56.9 Å². The molecule has 0 spiro atoms. The first kappa shape index (κ1) is 41.3. The van der Waals surface area contributed by atoms with Crippen molar-refractivity contribution >= 4 is 70.1 Å². The van der Waals surface area contributed by atoms with Gasteiger partial charge in [-0.25, -0.2) is 0 Å². The summed E-state index contributed by atoms with van der Waals surface area (Å²) in [5, 5.41) is 15.8. The van der Waals surface area contributed by atoms with E-state index in [1.807, 2.05) is 0 Å². The molecule has 0 radical (unpaired) electrons. The van der Waals surface area contributed by atoms with E-state index in [-0.39, 0.29) is 30.2 Å². The molecule has 0 heterocycles. The van der Waals surface area contributed by atoms with Crippen molar-refractivity contribution in [3.8, 4) is 22.3 Å². The molecule has 56 heavy (non-hydrogen) atoms. The van der Waals surface area contributed by atoms with Gasteiger partial charge in [-0.3, -0.25) is 0 Å². The van der Waals surface area contributed by atoms with Crippen LogP contribution in [-0.2, 0) is 23.3 Å².